The molecular weight excluding hydrogens is 318 g/mol. The third-order valence-corrected chi connectivity index (χ3v) is 5.67. The Hall–Kier alpha value is -1.11. The molecule has 2 aromatic heterocycles. The largest absolute Gasteiger partial charge is 0.383 e. The van der Waals surface area contributed by atoms with Gasteiger partial charge in [-0.25, -0.2) is 4.98 Å². The van der Waals surface area contributed by atoms with Crippen LogP contribution < -0.4 is 16.0 Å². The van der Waals surface area contributed by atoms with Gasteiger partial charge in [-0.3, -0.25) is 0 Å². The summed E-state index contributed by atoms with van der Waals surface area (Å²) >= 11 is 1.83. The summed E-state index contributed by atoms with van der Waals surface area (Å²) in [4.78, 5) is 14.2. The van der Waals surface area contributed by atoms with Crippen LogP contribution in [-0.4, -0.2) is 36.1 Å². The lowest BCUT2D eigenvalue weighted by atomic mass is 10.1. The molecule has 2 aromatic rings. The number of halogens is 1. The molecule has 120 valence electrons. The molecule has 0 aromatic carbocycles. The summed E-state index contributed by atoms with van der Waals surface area (Å²) in [5.74, 6) is 1.48. The van der Waals surface area contributed by atoms with Crippen molar-refractivity contribution in [3.63, 3.8) is 0 Å². The Morgan fingerprint density at radius 1 is 1.05 bits per heavy atom. The van der Waals surface area contributed by atoms with Crippen LogP contribution in [0.15, 0.2) is 0 Å². The Kier molecular flexibility index (Phi) is 4.70. The average molecular weight is 340 g/mol. The zero-order chi connectivity index (χ0) is 14.2. The fourth-order valence-electron chi connectivity index (χ4n) is 3.36. The molecule has 0 saturated carbocycles. The number of nitrogens with two attached hydrogens (primary N) is 1. The Labute approximate surface area is 140 Å². The van der Waals surface area contributed by atoms with E-state index in [9.17, 15) is 0 Å². The lowest BCUT2D eigenvalue weighted by molar-refractivity contribution is 0.581. The number of rotatable bonds is 1. The van der Waals surface area contributed by atoms with Crippen molar-refractivity contribution < 1.29 is 0 Å². The van der Waals surface area contributed by atoms with Crippen LogP contribution in [0.2, 0.25) is 0 Å². The molecule has 3 heterocycles. The number of hydrogen-bond donors (Lipinski definition) is 2. The first kappa shape index (κ1) is 15.8. The van der Waals surface area contributed by atoms with Crippen LogP contribution in [0.3, 0.4) is 0 Å². The van der Waals surface area contributed by atoms with Gasteiger partial charge in [0.2, 0.25) is 5.95 Å². The van der Waals surface area contributed by atoms with Gasteiger partial charge < -0.3 is 16.0 Å². The van der Waals surface area contributed by atoms with E-state index in [1.165, 1.54) is 36.1 Å². The van der Waals surface area contributed by atoms with Gasteiger partial charge in [-0.05, 0) is 31.2 Å². The van der Waals surface area contributed by atoms with Crippen molar-refractivity contribution in [2.75, 3.05) is 36.8 Å². The van der Waals surface area contributed by atoms with Crippen LogP contribution in [0.25, 0.3) is 10.2 Å². The summed E-state index contributed by atoms with van der Waals surface area (Å²) in [5, 5.41) is 4.49. The summed E-state index contributed by atoms with van der Waals surface area (Å²) < 4.78 is 0. The minimum absolute atomic E-state index is 0. The fourth-order valence-corrected chi connectivity index (χ4v) is 4.62. The molecule has 1 aliphatic heterocycles. The van der Waals surface area contributed by atoms with Gasteiger partial charge >= 0.3 is 0 Å². The van der Waals surface area contributed by atoms with Gasteiger partial charge in [0.25, 0.3) is 0 Å². The SMILES string of the molecule is Cl.Nc1nc(N2CCNCC2)nc2sc3c(c12)CCCCC3. The summed E-state index contributed by atoms with van der Waals surface area (Å²) in [6.45, 7) is 3.89. The second-order valence-electron chi connectivity index (χ2n) is 5.89. The highest BCUT2D eigenvalue weighted by atomic mass is 35.5. The molecule has 0 bridgehead atoms. The molecule has 7 heteroatoms. The van der Waals surface area contributed by atoms with Crippen LogP contribution >= 0.6 is 23.7 Å². The predicted molar refractivity (Wildman–Crippen MR) is 95.4 cm³/mol. The molecule has 1 aliphatic carbocycles. The van der Waals surface area contributed by atoms with E-state index in [4.69, 9.17) is 10.7 Å². The van der Waals surface area contributed by atoms with Crippen LogP contribution in [0.1, 0.15) is 29.7 Å². The van der Waals surface area contributed by atoms with E-state index in [-0.39, 0.29) is 12.4 Å². The number of nitrogen functional groups attached to an aromatic ring is 1. The number of nitrogens with one attached hydrogen (secondary N) is 1. The fraction of sp³-hybridized carbons (Fsp3) is 0.600. The first-order valence-electron chi connectivity index (χ1n) is 7.86. The number of nitrogens with zero attached hydrogens (tertiary/aromatic N) is 3. The van der Waals surface area contributed by atoms with E-state index in [0.717, 1.165) is 48.8 Å². The number of hydrogen-bond acceptors (Lipinski definition) is 6. The predicted octanol–water partition coefficient (Wildman–Crippen LogP) is 2.37. The average Bonchev–Trinajstić information content (AvgIpc) is 2.71. The normalized spacial score (nSPS) is 18.6. The van der Waals surface area contributed by atoms with Crippen molar-refractivity contribution >= 4 is 45.7 Å². The van der Waals surface area contributed by atoms with Crippen molar-refractivity contribution in [1.29, 1.82) is 0 Å². The van der Waals surface area contributed by atoms with Crippen LogP contribution in [0, 0.1) is 0 Å². The Balaban J connectivity index is 0.00000144. The standard InChI is InChI=1S/C15H21N5S.ClH/c16-13-12-10-4-2-1-3-5-11(10)21-14(12)19-15(18-13)20-8-6-17-7-9-20;/h17H,1-9H2,(H2,16,18,19);1H. The molecule has 0 atom stereocenters. The number of piperazine rings is 1. The van der Waals surface area contributed by atoms with E-state index in [1.807, 2.05) is 11.3 Å². The van der Waals surface area contributed by atoms with Crippen LogP contribution in [-0.2, 0) is 12.8 Å². The minimum Gasteiger partial charge on any atom is -0.383 e. The molecule has 0 spiro atoms. The van der Waals surface area contributed by atoms with Crippen molar-refractivity contribution in [1.82, 2.24) is 15.3 Å². The summed E-state index contributed by atoms with van der Waals surface area (Å²) in [6.07, 6.45) is 6.19. The van der Waals surface area contributed by atoms with Gasteiger partial charge in [-0.15, -0.1) is 23.7 Å². The molecule has 1 saturated heterocycles. The maximum Gasteiger partial charge on any atom is 0.228 e. The molecular formula is C15H22ClN5S. The van der Waals surface area contributed by atoms with Crippen LogP contribution in [0.4, 0.5) is 11.8 Å². The molecule has 0 amide bonds. The zero-order valence-corrected chi connectivity index (χ0v) is 14.2. The highest BCUT2D eigenvalue weighted by molar-refractivity contribution is 7.19. The van der Waals surface area contributed by atoms with E-state index in [1.54, 1.807) is 0 Å². The maximum absolute atomic E-state index is 6.30. The van der Waals surface area contributed by atoms with Crippen molar-refractivity contribution in [2.24, 2.45) is 0 Å². The zero-order valence-electron chi connectivity index (χ0n) is 12.6. The summed E-state index contributed by atoms with van der Waals surface area (Å²) in [7, 11) is 0. The van der Waals surface area contributed by atoms with Crippen molar-refractivity contribution in [3.8, 4) is 0 Å². The first-order valence-corrected chi connectivity index (χ1v) is 8.68. The van der Waals surface area contributed by atoms with E-state index >= 15 is 0 Å². The van der Waals surface area contributed by atoms with Gasteiger partial charge in [-0.1, -0.05) is 6.42 Å². The molecule has 5 nitrogen and oxygen atoms in total. The Bertz CT molecular complexity index is 665. The number of aromatic nitrogens is 2. The molecule has 3 N–H and O–H groups in total. The van der Waals surface area contributed by atoms with Gasteiger partial charge in [-0.2, -0.15) is 4.98 Å². The van der Waals surface area contributed by atoms with Gasteiger partial charge in [0.15, 0.2) is 0 Å². The molecule has 0 radical (unpaired) electrons. The Morgan fingerprint density at radius 3 is 2.64 bits per heavy atom. The van der Waals surface area contributed by atoms with Gasteiger partial charge in [0.1, 0.15) is 10.6 Å². The third-order valence-electron chi connectivity index (χ3n) is 4.48. The van der Waals surface area contributed by atoms with Crippen molar-refractivity contribution in [2.45, 2.75) is 32.1 Å². The van der Waals surface area contributed by atoms with E-state index in [2.05, 4.69) is 15.2 Å². The molecule has 1 fully saturated rings. The number of fused-ring (bicyclic) bond motifs is 3. The van der Waals surface area contributed by atoms with Crippen LogP contribution in [0.5, 0.6) is 0 Å². The topological polar surface area (TPSA) is 67.1 Å². The van der Waals surface area contributed by atoms with Crippen molar-refractivity contribution in [3.05, 3.63) is 10.4 Å². The van der Waals surface area contributed by atoms with E-state index in [0.29, 0.717) is 5.82 Å². The number of thiophene rings is 1. The number of anilines is 2. The third kappa shape index (κ3) is 2.75. The molecule has 0 unspecified atom stereocenters. The monoisotopic (exact) mass is 339 g/mol. The Morgan fingerprint density at radius 2 is 1.82 bits per heavy atom. The highest BCUT2D eigenvalue weighted by Gasteiger charge is 2.21. The first-order chi connectivity index (χ1) is 10.3. The minimum atomic E-state index is 0. The molecule has 22 heavy (non-hydrogen) atoms. The maximum atomic E-state index is 6.30. The molecule has 4 rings (SSSR count). The second-order valence-corrected chi connectivity index (χ2v) is 6.97. The smallest absolute Gasteiger partial charge is 0.228 e. The quantitative estimate of drug-likeness (QED) is 0.781. The highest BCUT2D eigenvalue weighted by Crippen LogP contribution is 2.37. The lowest BCUT2D eigenvalue weighted by Crippen LogP contribution is -2.44. The lowest BCUT2D eigenvalue weighted by Gasteiger charge is -2.27. The van der Waals surface area contributed by atoms with E-state index < -0.39 is 0 Å². The molecule has 2 aliphatic rings. The van der Waals surface area contributed by atoms with Gasteiger partial charge in [0, 0.05) is 31.1 Å². The summed E-state index contributed by atoms with van der Waals surface area (Å²) in [6, 6.07) is 0. The van der Waals surface area contributed by atoms with Gasteiger partial charge in [0.05, 0.1) is 5.39 Å². The second kappa shape index (κ2) is 6.56. The summed E-state index contributed by atoms with van der Waals surface area (Å²) in [5.41, 5.74) is 7.72. The number of aryl methyl sites for hydroxylation is 2.